The van der Waals surface area contributed by atoms with Crippen molar-refractivity contribution in [1.29, 1.82) is 0 Å². The van der Waals surface area contributed by atoms with E-state index < -0.39 is 0 Å². The molecule has 1 aliphatic heterocycles. The minimum absolute atomic E-state index is 0.151. The highest BCUT2D eigenvalue weighted by molar-refractivity contribution is 6.33. The number of benzene rings is 3. The van der Waals surface area contributed by atoms with Crippen LogP contribution in [0.2, 0.25) is 5.02 Å². The number of piperazine rings is 1. The van der Waals surface area contributed by atoms with E-state index in [1.54, 1.807) is 17.0 Å². The number of aryl methyl sites for hydroxylation is 1. The number of halogens is 1. The predicted octanol–water partition coefficient (Wildman–Crippen LogP) is 6.05. The van der Waals surface area contributed by atoms with Crippen LogP contribution in [0.1, 0.15) is 12.5 Å². The molecule has 36 heavy (non-hydrogen) atoms. The molecule has 1 fully saturated rings. The Morgan fingerprint density at radius 1 is 0.889 bits per heavy atom. The van der Waals surface area contributed by atoms with Gasteiger partial charge in [-0.2, -0.15) is 0 Å². The Bertz CT molecular complexity index is 1190. The number of nitrogens with one attached hydrogen (secondary N) is 3. The first-order valence-corrected chi connectivity index (χ1v) is 12.3. The third-order valence-electron chi connectivity index (χ3n) is 5.95. The van der Waals surface area contributed by atoms with Gasteiger partial charge in [0, 0.05) is 37.6 Å². The lowest BCUT2D eigenvalue weighted by atomic mass is 10.2. The first-order chi connectivity index (χ1) is 17.4. The monoisotopic (exact) mass is 507 g/mol. The molecule has 9 heteroatoms. The van der Waals surface area contributed by atoms with Gasteiger partial charge >= 0.3 is 12.1 Å². The summed E-state index contributed by atoms with van der Waals surface area (Å²) in [6.45, 7) is 6.93. The summed E-state index contributed by atoms with van der Waals surface area (Å²) in [5.41, 5.74) is 3.90. The van der Waals surface area contributed by atoms with E-state index in [0.717, 1.165) is 11.3 Å². The van der Waals surface area contributed by atoms with Crippen LogP contribution < -0.4 is 25.6 Å². The van der Waals surface area contributed by atoms with E-state index >= 15 is 0 Å². The first kappa shape index (κ1) is 25.2. The molecule has 1 aliphatic rings. The third kappa shape index (κ3) is 6.20. The Morgan fingerprint density at radius 2 is 1.61 bits per heavy atom. The SMILES string of the molecule is CCOc1ccccc1NC(=O)Nc1ccc(N2CCN(C(=O)Nc3c(C)cccc3Cl)CC2)cc1. The number of carbonyl (C=O) groups excluding carboxylic acids is 2. The maximum absolute atomic E-state index is 12.7. The second-order valence-corrected chi connectivity index (χ2v) is 8.80. The summed E-state index contributed by atoms with van der Waals surface area (Å²) < 4.78 is 5.55. The zero-order valence-electron chi connectivity index (χ0n) is 20.4. The molecule has 4 rings (SSSR count). The van der Waals surface area contributed by atoms with Gasteiger partial charge in [0.2, 0.25) is 0 Å². The standard InChI is InChI=1S/C27H30ClN5O3/c1-3-36-24-10-5-4-9-23(24)30-26(34)29-20-11-13-21(14-12-20)32-15-17-33(18-16-32)27(35)31-25-19(2)7-6-8-22(25)28/h4-14H,3,15-18H2,1-2H3,(H,31,35)(H2,29,30,34). The molecule has 0 radical (unpaired) electrons. The number of nitrogens with zero attached hydrogens (tertiary/aromatic N) is 2. The molecule has 1 saturated heterocycles. The Hall–Kier alpha value is -3.91. The van der Waals surface area contributed by atoms with Crippen molar-refractivity contribution in [2.75, 3.05) is 53.6 Å². The number of hydrogen-bond donors (Lipinski definition) is 3. The van der Waals surface area contributed by atoms with Gasteiger partial charge in [0.05, 0.1) is 23.0 Å². The van der Waals surface area contributed by atoms with E-state index in [-0.39, 0.29) is 12.1 Å². The van der Waals surface area contributed by atoms with E-state index in [9.17, 15) is 9.59 Å². The summed E-state index contributed by atoms with van der Waals surface area (Å²) in [5, 5.41) is 9.14. The van der Waals surface area contributed by atoms with Crippen LogP contribution in [-0.4, -0.2) is 49.7 Å². The zero-order chi connectivity index (χ0) is 25.5. The molecule has 0 saturated carbocycles. The maximum Gasteiger partial charge on any atom is 0.323 e. The summed E-state index contributed by atoms with van der Waals surface area (Å²) in [5.74, 6) is 0.625. The van der Waals surface area contributed by atoms with E-state index in [0.29, 0.717) is 60.6 Å². The average Bonchev–Trinajstić information content (AvgIpc) is 2.88. The number of hydrogen-bond acceptors (Lipinski definition) is 4. The average molecular weight is 508 g/mol. The number of para-hydroxylation sites is 3. The minimum Gasteiger partial charge on any atom is -0.492 e. The number of ether oxygens (including phenoxy) is 1. The van der Waals surface area contributed by atoms with Crippen molar-refractivity contribution in [2.24, 2.45) is 0 Å². The van der Waals surface area contributed by atoms with Gasteiger partial charge in [-0.05, 0) is 61.9 Å². The lowest BCUT2D eigenvalue weighted by Gasteiger charge is -2.36. The van der Waals surface area contributed by atoms with E-state index in [1.165, 1.54) is 0 Å². The molecule has 3 N–H and O–H groups in total. The molecule has 1 heterocycles. The van der Waals surface area contributed by atoms with Gasteiger partial charge in [-0.3, -0.25) is 0 Å². The van der Waals surface area contributed by atoms with Gasteiger partial charge in [-0.25, -0.2) is 9.59 Å². The quantitative estimate of drug-likeness (QED) is 0.379. The lowest BCUT2D eigenvalue weighted by Crippen LogP contribution is -2.50. The van der Waals surface area contributed by atoms with Gasteiger partial charge in [-0.1, -0.05) is 35.9 Å². The van der Waals surface area contributed by atoms with Crippen LogP contribution in [-0.2, 0) is 0 Å². The van der Waals surface area contributed by atoms with E-state index in [4.69, 9.17) is 16.3 Å². The second kappa shape index (κ2) is 11.7. The molecular formula is C27H30ClN5O3. The topological polar surface area (TPSA) is 85.9 Å². The van der Waals surface area contributed by atoms with Crippen LogP contribution in [0.15, 0.2) is 66.7 Å². The van der Waals surface area contributed by atoms with E-state index in [2.05, 4.69) is 20.9 Å². The van der Waals surface area contributed by atoms with Crippen molar-refractivity contribution in [3.63, 3.8) is 0 Å². The molecule has 0 aliphatic carbocycles. The van der Waals surface area contributed by atoms with Gasteiger partial charge in [0.15, 0.2) is 0 Å². The molecule has 8 nitrogen and oxygen atoms in total. The first-order valence-electron chi connectivity index (χ1n) is 11.9. The van der Waals surface area contributed by atoms with Crippen LogP contribution in [0, 0.1) is 6.92 Å². The molecule has 4 amide bonds. The smallest absolute Gasteiger partial charge is 0.323 e. The summed E-state index contributed by atoms with van der Waals surface area (Å²) in [7, 11) is 0. The molecule has 0 unspecified atom stereocenters. The maximum atomic E-state index is 12.7. The van der Waals surface area contributed by atoms with Crippen molar-refractivity contribution >= 4 is 46.4 Å². The van der Waals surface area contributed by atoms with E-state index in [1.807, 2.05) is 68.4 Å². The van der Waals surface area contributed by atoms with Crippen molar-refractivity contribution in [3.05, 3.63) is 77.3 Å². The molecule has 0 spiro atoms. The highest BCUT2D eigenvalue weighted by Gasteiger charge is 2.22. The fraction of sp³-hybridized carbons (Fsp3) is 0.259. The molecule has 0 atom stereocenters. The highest BCUT2D eigenvalue weighted by atomic mass is 35.5. The summed E-state index contributed by atoms with van der Waals surface area (Å²) in [6.07, 6.45) is 0. The lowest BCUT2D eigenvalue weighted by molar-refractivity contribution is 0.208. The number of amides is 4. The molecule has 3 aromatic rings. The number of rotatable bonds is 6. The summed E-state index contributed by atoms with van der Waals surface area (Å²) in [6, 6.07) is 20.0. The molecule has 188 valence electrons. The molecule has 0 aromatic heterocycles. The van der Waals surface area contributed by atoms with Crippen molar-refractivity contribution in [1.82, 2.24) is 4.90 Å². The van der Waals surface area contributed by atoms with Crippen molar-refractivity contribution in [3.8, 4) is 5.75 Å². The summed E-state index contributed by atoms with van der Waals surface area (Å²) >= 11 is 6.24. The van der Waals surface area contributed by atoms with Crippen molar-refractivity contribution in [2.45, 2.75) is 13.8 Å². The van der Waals surface area contributed by atoms with Crippen LogP contribution in [0.3, 0.4) is 0 Å². The Balaban J connectivity index is 1.28. The van der Waals surface area contributed by atoms with Crippen LogP contribution in [0.25, 0.3) is 0 Å². The third-order valence-corrected chi connectivity index (χ3v) is 6.26. The number of anilines is 4. The molecular weight excluding hydrogens is 478 g/mol. The number of urea groups is 2. The van der Waals surface area contributed by atoms with Gasteiger partial charge < -0.3 is 30.5 Å². The van der Waals surface area contributed by atoms with Crippen LogP contribution >= 0.6 is 11.6 Å². The Kier molecular flexibility index (Phi) is 8.17. The van der Waals surface area contributed by atoms with Crippen LogP contribution in [0.5, 0.6) is 5.75 Å². The number of carbonyl (C=O) groups is 2. The fourth-order valence-electron chi connectivity index (χ4n) is 4.04. The van der Waals surface area contributed by atoms with Crippen molar-refractivity contribution < 1.29 is 14.3 Å². The largest absolute Gasteiger partial charge is 0.492 e. The normalized spacial score (nSPS) is 13.2. The summed E-state index contributed by atoms with van der Waals surface area (Å²) in [4.78, 5) is 29.2. The van der Waals surface area contributed by atoms with Gasteiger partial charge in [-0.15, -0.1) is 0 Å². The van der Waals surface area contributed by atoms with Gasteiger partial charge in [0.25, 0.3) is 0 Å². The highest BCUT2D eigenvalue weighted by Crippen LogP contribution is 2.27. The minimum atomic E-state index is -0.344. The fourth-order valence-corrected chi connectivity index (χ4v) is 4.30. The predicted molar refractivity (Wildman–Crippen MR) is 146 cm³/mol. The van der Waals surface area contributed by atoms with Crippen LogP contribution in [0.4, 0.5) is 32.3 Å². The molecule has 3 aromatic carbocycles. The Morgan fingerprint density at radius 3 is 2.31 bits per heavy atom. The van der Waals surface area contributed by atoms with Gasteiger partial charge in [0.1, 0.15) is 5.75 Å². The zero-order valence-corrected chi connectivity index (χ0v) is 21.1. The Labute approximate surface area is 216 Å². The molecule has 0 bridgehead atoms. The second-order valence-electron chi connectivity index (χ2n) is 8.39.